The molecule has 3 rings (SSSR count). The van der Waals surface area contributed by atoms with Crippen molar-refractivity contribution in [2.24, 2.45) is 5.41 Å². The number of rotatable bonds is 4. The lowest BCUT2D eigenvalue weighted by Crippen LogP contribution is -2.43. The van der Waals surface area contributed by atoms with Crippen molar-refractivity contribution in [2.45, 2.75) is 32.2 Å². The summed E-state index contributed by atoms with van der Waals surface area (Å²) < 4.78 is 4.81. The SMILES string of the molecule is COC(=O)C1(CN2C(=O)N[C@@](C)(c3ccccc3C)C2=O)CC1. The van der Waals surface area contributed by atoms with E-state index in [0.717, 1.165) is 16.0 Å². The van der Waals surface area contributed by atoms with Gasteiger partial charge >= 0.3 is 12.0 Å². The van der Waals surface area contributed by atoms with E-state index in [2.05, 4.69) is 5.32 Å². The molecule has 0 bridgehead atoms. The van der Waals surface area contributed by atoms with Crippen LogP contribution in [-0.2, 0) is 19.9 Å². The second-order valence-electron chi connectivity index (χ2n) is 6.53. The van der Waals surface area contributed by atoms with E-state index in [1.165, 1.54) is 7.11 Å². The number of ether oxygens (including phenoxy) is 1. The van der Waals surface area contributed by atoms with E-state index in [4.69, 9.17) is 4.74 Å². The summed E-state index contributed by atoms with van der Waals surface area (Å²) in [5.41, 5.74) is -0.128. The Labute approximate surface area is 134 Å². The highest BCUT2D eigenvalue weighted by Gasteiger charge is 2.58. The zero-order chi connectivity index (χ0) is 16.8. The summed E-state index contributed by atoms with van der Waals surface area (Å²) in [6.07, 6.45) is 1.27. The minimum atomic E-state index is -1.10. The first-order valence-electron chi connectivity index (χ1n) is 7.63. The molecule has 1 atom stereocenters. The first-order valence-corrected chi connectivity index (χ1v) is 7.63. The third-order valence-corrected chi connectivity index (χ3v) is 4.89. The minimum absolute atomic E-state index is 0.0752. The Morgan fingerprint density at radius 2 is 1.96 bits per heavy atom. The molecule has 0 radical (unpaired) electrons. The fraction of sp³-hybridized carbons (Fsp3) is 0.471. The number of methoxy groups -OCH3 is 1. The first-order chi connectivity index (χ1) is 10.8. The molecule has 122 valence electrons. The molecule has 0 aromatic heterocycles. The number of urea groups is 1. The molecule has 2 fully saturated rings. The lowest BCUT2D eigenvalue weighted by Gasteiger charge is -2.25. The summed E-state index contributed by atoms with van der Waals surface area (Å²) in [4.78, 5) is 38.3. The number of carbonyl (C=O) groups is 3. The lowest BCUT2D eigenvalue weighted by atomic mass is 9.88. The summed E-state index contributed by atoms with van der Waals surface area (Å²) in [6, 6.07) is 7.00. The number of carbonyl (C=O) groups excluding carboxylic acids is 3. The van der Waals surface area contributed by atoms with E-state index in [0.29, 0.717) is 12.8 Å². The topological polar surface area (TPSA) is 75.7 Å². The van der Waals surface area contributed by atoms with Crippen LogP contribution < -0.4 is 5.32 Å². The number of nitrogens with zero attached hydrogens (tertiary/aromatic N) is 1. The average Bonchev–Trinajstić information content (AvgIpc) is 3.28. The maximum absolute atomic E-state index is 12.9. The number of nitrogens with one attached hydrogen (secondary N) is 1. The van der Waals surface area contributed by atoms with Gasteiger partial charge in [0.2, 0.25) is 0 Å². The van der Waals surface area contributed by atoms with Gasteiger partial charge in [-0.3, -0.25) is 14.5 Å². The predicted octanol–water partition coefficient (Wildman–Crippen LogP) is 1.72. The summed E-state index contributed by atoms with van der Waals surface area (Å²) in [5.74, 6) is -0.686. The van der Waals surface area contributed by atoms with Crippen molar-refractivity contribution in [1.82, 2.24) is 10.2 Å². The second-order valence-corrected chi connectivity index (χ2v) is 6.53. The van der Waals surface area contributed by atoms with Gasteiger partial charge in [0.25, 0.3) is 5.91 Å². The molecular weight excluding hydrogens is 296 g/mol. The molecule has 1 aliphatic carbocycles. The van der Waals surface area contributed by atoms with Crippen LogP contribution in [0.15, 0.2) is 24.3 Å². The molecule has 1 aromatic carbocycles. The van der Waals surface area contributed by atoms with Crippen LogP contribution in [0.4, 0.5) is 4.79 Å². The van der Waals surface area contributed by atoms with E-state index in [1.807, 2.05) is 31.2 Å². The van der Waals surface area contributed by atoms with Crippen LogP contribution in [0.5, 0.6) is 0 Å². The molecule has 0 unspecified atom stereocenters. The number of amides is 3. The van der Waals surface area contributed by atoms with Crippen molar-refractivity contribution in [3.63, 3.8) is 0 Å². The maximum atomic E-state index is 12.9. The number of hydrogen-bond donors (Lipinski definition) is 1. The highest BCUT2D eigenvalue weighted by molar-refractivity contribution is 6.07. The van der Waals surface area contributed by atoms with Gasteiger partial charge in [-0.1, -0.05) is 24.3 Å². The van der Waals surface area contributed by atoms with Crippen molar-refractivity contribution in [3.8, 4) is 0 Å². The summed E-state index contributed by atoms with van der Waals surface area (Å²) in [6.45, 7) is 3.68. The smallest absolute Gasteiger partial charge is 0.325 e. The van der Waals surface area contributed by atoms with Crippen LogP contribution in [0, 0.1) is 12.3 Å². The standard InChI is InChI=1S/C17H20N2O4/c1-11-6-4-5-7-12(11)16(2)13(20)19(15(22)18-16)10-17(8-9-17)14(21)23-3/h4-7H,8-10H2,1-3H3,(H,18,22)/t16-/m0/s1. The van der Waals surface area contributed by atoms with E-state index < -0.39 is 17.0 Å². The molecule has 1 saturated carbocycles. The zero-order valence-corrected chi connectivity index (χ0v) is 13.5. The average molecular weight is 316 g/mol. The lowest BCUT2D eigenvalue weighted by molar-refractivity contribution is -0.148. The van der Waals surface area contributed by atoms with Crippen molar-refractivity contribution in [1.29, 1.82) is 0 Å². The monoisotopic (exact) mass is 316 g/mol. The van der Waals surface area contributed by atoms with Crippen molar-refractivity contribution in [3.05, 3.63) is 35.4 Å². The third-order valence-electron chi connectivity index (χ3n) is 4.89. The Kier molecular flexibility index (Phi) is 3.43. The van der Waals surface area contributed by atoms with Crippen molar-refractivity contribution >= 4 is 17.9 Å². The Morgan fingerprint density at radius 1 is 1.30 bits per heavy atom. The molecule has 1 aromatic rings. The fourth-order valence-electron chi connectivity index (χ4n) is 3.25. The summed E-state index contributed by atoms with van der Waals surface area (Å²) in [5, 5.41) is 2.78. The van der Waals surface area contributed by atoms with Gasteiger partial charge in [0.15, 0.2) is 0 Å². The molecule has 3 amide bonds. The highest BCUT2D eigenvalue weighted by Crippen LogP contribution is 2.48. The van der Waals surface area contributed by atoms with Gasteiger partial charge in [-0.15, -0.1) is 0 Å². The molecular formula is C17H20N2O4. The molecule has 6 nitrogen and oxygen atoms in total. The third kappa shape index (κ3) is 2.29. The van der Waals surface area contributed by atoms with E-state index in [1.54, 1.807) is 6.92 Å². The molecule has 0 spiro atoms. The molecule has 1 saturated heterocycles. The number of benzene rings is 1. The number of esters is 1. The Bertz CT molecular complexity index is 696. The molecule has 1 N–H and O–H groups in total. The van der Waals surface area contributed by atoms with Gasteiger partial charge in [0.1, 0.15) is 5.54 Å². The van der Waals surface area contributed by atoms with Crippen LogP contribution in [0.1, 0.15) is 30.9 Å². The molecule has 23 heavy (non-hydrogen) atoms. The van der Waals surface area contributed by atoms with E-state index in [9.17, 15) is 14.4 Å². The quantitative estimate of drug-likeness (QED) is 0.678. The molecule has 6 heteroatoms. The van der Waals surface area contributed by atoms with Crippen molar-refractivity contribution < 1.29 is 19.1 Å². The van der Waals surface area contributed by atoms with E-state index >= 15 is 0 Å². The number of aryl methyl sites for hydroxylation is 1. The van der Waals surface area contributed by atoms with Crippen LogP contribution in [0.25, 0.3) is 0 Å². The van der Waals surface area contributed by atoms with Crippen LogP contribution >= 0.6 is 0 Å². The Balaban J connectivity index is 1.89. The normalized spacial score (nSPS) is 25.3. The highest BCUT2D eigenvalue weighted by atomic mass is 16.5. The predicted molar refractivity (Wildman–Crippen MR) is 82.5 cm³/mol. The molecule has 1 aliphatic heterocycles. The summed E-state index contributed by atoms with van der Waals surface area (Å²) in [7, 11) is 1.33. The number of hydrogen-bond acceptors (Lipinski definition) is 4. The van der Waals surface area contributed by atoms with Gasteiger partial charge < -0.3 is 10.1 Å². The maximum Gasteiger partial charge on any atom is 0.325 e. The second kappa shape index (κ2) is 5.08. The van der Waals surface area contributed by atoms with Gasteiger partial charge in [0, 0.05) is 6.54 Å². The van der Waals surface area contributed by atoms with Gasteiger partial charge in [-0.2, -0.15) is 0 Å². The first kappa shape index (κ1) is 15.5. The van der Waals surface area contributed by atoms with Crippen LogP contribution in [0.3, 0.4) is 0 Å². The van der Waals surface area contributed by atoms with E-state index in [-0.39, 0.29) is 18.4 Å². The largest absolute Gasteiger partial charge is 0.469 e. The molecule has 1 heterocycles. The van der Waals surface area contributed by atoms with Crippen LogP contribution in [-0.4, -0.2) is 36.5 Å². The van der Waals surface area contributed by atoms with Crippen LogP contribution in [0.2, 0.25) is 0 Å². The van der Waals surface area contributed by atoms with Gasteiger partial charge in [-0.25, -0.2) is 4.79 Å². The van der Waals surface area contributed by atoms with Gasteiger partial charge in [-0.05, 0) is 37.8 Å². The van der Waals surface area contributed by atoms with Crippen molar-refractivity contribution in [2.75, 3.05) is 13.7 Å². The molecule has 2 aliphatic rings. The summed E-state index contributed by atoms with van der Waals surface area (Å²) >= 11 is 0. The van der Waals surface area contributed by atoms with Gasteiger partial charge in [0.05, 0.1) is 12.5 Å². The minimum Gasteiger partial charge on any atom is -0.469 e. The Morgan fingerprint density at radius 3 is 2.52 bits per heavy atom. The number of imide groups is 1. The zero-order valence-electron chi connectivity index (χ0n) is 13.5. The Hall–Kier alpha value is -2.37. The fourth-order valence-corrected chi connectivity index (χ4v) is 3.25.